The molecule has 0 saturated carbocycles. The highest BCUT2D eigenvalue weighted by Crippen LogP contribution is 2.38. The fraction of sp³-hybridized carbons (Fsp3) is 0.280. The highest BCUT2D eigenvalue weighted by Gasteiger charge is 2.26. The van der Waals surface area contributed by atoms with Crippen molar-refractivity contribution in [3.63, 3.8) is 0 Å². The van der Waals surface area contributed by atoms with Gasteiger partial charge in [0.05, 0.1) is 31.1 Å². The van der Waals surface area contributed by atoms with E-state index >= 15 is 0 Å². The van der Waals surface area contributed by atoms with Crippen LogP contribution in [0.2, 0.25) is 0 Å². The first-order valence-electron chi connectivity index (χ1n) is 10.8. The number of aryl methyl sites for hydroxylation is 2. The van der Waals surface area contributed by atoms with Crippen LogP contribution in [0.4, 0.5) is 5.00 Å². The Morgan fingerprint density at radius 2 is 2.00 bits per heavy atom. The number of carbonyl (C=O) groups is 2. The average Bonchev–Trinajstić information content (AvgIpc) is 3.51. The van der Waals surface area contributed by atoms with Crippen LogP contribution >= 0.6 is 11.3 Å². The molecule has 7 heteroatoms. The number of amides is 2. The van der Waals surface area contributed by atoms with Gasteiger partial charge in [0.15, 0.2) is 0 Å². The largest absolute Gasteiger partial charge is 0.467 e. The lowest BCUT2D eigenvalue weighted by Crippen LogP contribution is -2.25. The lowest BCUT2D eigenvalue weighted by Gasteiger charge is -2.13. The Bertz CT molecular complexity index is 1280. The molecule has 3 aromatic heterocycles. The first-order chi connectivity index (χ1) is 15.6. The summed E-state index contributed by atoms with van der Waals surface area (Å²) < 4.78 is 10.9. The summed E-state index contributed by atoms with van der Waals surface area (Å²) in [6.07, 6.45) is 7.37. The number of hydrogen-bond donors (Lipinski definition) is 2. The molecule has 1 aliphatic carbocycles. The number of thiophene rings is 1. The molecule has 1 aliphatic rings. The van der Waals surface area contributed by atoms with Crippen LogP contribution in [0.1, 0.15) is 50.5 Å². The quantitative estimate of drug-likeness (QED) is 0.414. The van der Waals surface area contributed by atoms with Gasteiger partial charge in [0.1, 0.15) is 16.3 Å². The second kappa shape index (κ2) is 8.67. The van der Waals surface area contributed by atoms with Gasteiger partial charge in [-0.25, -0.2) is 0 Å². The van der Waals surface area contributed by atoms with E-state index in [1.807, 2.05) is 31.2 Å². The molecule has 0 spiro atoms. The lowest BCUT2D eigenvalue weighted by molar-refractivity contribution is -0.115. The van der Waals surface area contributed by atoms with Crippen molar-refractivity contribution in [1.29, 1.82) is 0 Å². The summed E-state index contributed by atoms with van der Waals surface area (Å²) >= 11 is 1.52. The van der Waals surface area contributed by atoms with Crippen molar-refractivity contribution < 1.29 is 18.4 Å². The second-order valence-electron chi connectivity index (χ2n) is 8.16. The number of nitrogens with one attached hydrogen (secondary N) is 2. The van der Waals surface area contributed by atoms with Gasteiger partial charge in [-0.2, -0.15) is 0 Å². The van der Waals surface area contributed by atoms with E-state index in [1.54, 1.807) is 18.6 Å². The summed E-state index contributed by atoms with van der Waals surface area (Å²) in [4.78, 5) is 27.2. The Kier molecular flexibility index (Phi) is 5.57. The Morgan fingerprint density at radius 3 is 2.84 bits per heavy atom. The average molecular weight is 449 g/mol. The highest BCUT2D eigenvalue weighted by atomic mass is 32.1. The van der Waals surface area contributed by atoms with Gasteiger partial charge in [-0.1, -0.05) is 11.6 Å². The third kappa shape index (κ3) is 4.08. The maximum Gasteiger partial charge on any atom is 0.254 e. The van der Waals surface area contributed by atoms with Crippen LogP contribution in [0.25, 0.3) is 11.0 Å². The monoisotopic (exact) mass is 448 g/mol. The number of benzene rings is 1. The fourth-order valence-corrected chi connectivity index (χ4v) is 5.54. The molecule has 0 unspecified atom stereocenters. The molecule has 0 bridgehead atoms. The Labute approximate surface area is 189 Å². The van der Waals surface area contributed by atoms with Crippen LogP contribution in [0.5, 0.6) is 0 Å². The molecule has 2 amide bonds. The normalized spacial score (nSPS) is 13.2. The minimum Gasteiger partial charge on any atom is -0.467 e. The minimum absolute atomic E-state index is 0.159. The molecule has 0 atom stereocenters. The van der Waals surface area contributed by atoms with Gasteiger partial charge in [0.25, 0.3) is 5.91 Å². The topological polar surface area (TPSA) is 84.5 Å². The number of carbonyl (C=O) groups excluding carboxylic acids is 2. The van der Waals surface area contributed by atoms with Crippen molar-refractivity contribution in [2.24, 2.45) is 0 Å². The summed E-state index contributed by atoms with van der Waals surface area (Å²) in [6, 6.07) is 9.54. The maximum absolute atomic E-state index is 13.1. The third-order valence-electron chi connectivity index (χ3n) is 5.81. The molecule has 4 aromatic rings. The van der Waals surface area contributed by atoms with Gasteiger partial charge < -0.3 is 19.5 Å². The van der Waals surface area contributed by atoms with Crippen LogP contribution in [-0.4, -0.2) is 11.8 Å². The molecule has 32 heavy (non-hydrogen) atoms. The van der Waals surface area contributed by atoms with Gasteiger partial charge in [-0.3, -0.25) is 9.59 Å². The van der Waals surface area contributed by atoms with E-state index < -0.39 is 0 Å². The van der Waals surface area contributed by atoms with E-state index in [4.69, 9.17) is 8.83 Å². The van der Waals surface area contributed by atoms with Crippen molar-refractivity contribution in [3.8, 4) is 0 Å². The number of furan rings is 2. The van der Waals surface area contributed by atoms with E-state index in [2.05, 4.69) is 10.6 Å². The molecule has 0 radical (unpaired) electrons. The van der Waals surface area contributed by atoms with E-state index in [0.29, 0.717) is 22.9 Å². The summed E-state index contributed by atoms with van der Waals surface area (Å²) in [6.45, 7) is 2.32. The van der Waals surface area contributed by atoms with Crippen molar-refractivity contribution in [1.82, 2.24) is 5.32 Å². The van der Waals surface area contributed by atoms with Crippen molar-refractivity contribution >= 4 is 39.1 Å². The first kappa shape index (κ1) is 20.6. The molecule has 6 nitrogen and oxygen atoms in total. The molecule has 0 aliphatic heterocycles. The summed E-state index contributed by atoms with van der Waals surface area (Å²) in [5, 5.41) is 7.52. The smallest absolute Gasteiger partial charge is 0.254 e. The van der Waals surface area contributed by atoms with Crippen molar-refractivity contribution in [2.45, 2.75) is 45.6 Å². The van der Waals surface area contributed by atoms with Crippen LogP contribution < -0.4 is 10.6 Å². The van der Waals surface area contributed by atoms with E-state index in [0.717, 1.165) is 53.3 Å². The van der Waals surface area contributed by atoms with Gasteiger partial charge in [0.2, 0.25) is 5.91 Å². The van der Waals surface area contributed by atoms with Crippen LogP contribution in [0.3, 0.4) is 0 Å². The molecule has 3 heterocycles. The number of rotatable bonds is 6. The van der Waals surface area contributed by atoms with Gasteiger partial charge in [-0.15, -0.1) is 11.3 Å². The van der Waals surface area contributed by atoms with E-state index in [9.17, 15) is 9.59 Å². The fourth-order valence-electron chi connectivity index (χ4n) is 4.24. The van der Waals surface area contributed by atoms with Gasteiger partial charge in [-0.05, 0) is 62.4 Å². The third-order valence-corrected chi connectivity index (χ3v) is 7.02. The van der Waals surface area contributed by atoms with Crippen LogP contribution in [0, 0.1) is 6.92 Å². The second-order valence-corrected chi connectivity index (χ2v) is 9.27. The summed E-state index contributed by atoms with van der Waals surface area (Å²) in [5.41, 5.74) is 4.38. The zero-order valence-corrected chi connectivity index (χ0v) is 18.6. The summed E-state index contributed by atoms with van der Waals surface area (Å²) in [7, 11) is 0. The molecular weight excluding hydrogens is 424 g/mol. The molecule has 0 saturated heterocycles. The molecule has 1 aromatic carbocycles. The minimum atomic E-state index is -0.180. The zero-order valence-electron chi connectivity index (χ0n) is 17.8. The van der Waals surface area contributed by atoms with Gasteiger partial charge >= 0.3 is 0 Å². The van der Waals surface area contributed by atoms with Crippen LogP contribution in [-0.2, 0) is 30.6 Å². The Morgan fingerprint density at radius 1 is 1.12 bits per heavy atom. The number of anilines is 1. The predicted molar refractivity (Wildman–Crippen MR) is 124 cm³/mol. The standard InChI is InChI=1S/C25H24N2O4S/c1-15-8-9-20-19(11-15)16(14-31-20)12-22(28)27-25-23(18-6-2-3-7-21(18)32-25)24(29)26-13-17-5-4-10-30-17/h4-5,8-11,14H,2-3,6-7,12-13H2,1H3,(H,26,29)(H,27,28). The summed E-state index contributed by atoms with van der Waals surface area (Å²) in [5.74, 6) is 0.350. The van der Waals surface area contributed by atoms with E-state index in [-0.39, 0.29) is 18.2 Å². The molecule has 5 rings (SSSR count). The molecular formula is C25H24N2O4S. The molecule has 2 N–H and O–H groups in total. The highest BCUT2D eigenvalue weighted by molar-refractivity contribution is 7.17. The first-order valence-corrected chi connectivity index (χ1v) is 11.6. The SMILES string of the molecule is Cc1ccc2occ(CC(=O)Nc3sc4c(c3C(=O)NCc3ccco3)CCCC4)c2c1. The Balaban J connectivity index is 1.37. The maximum atomic E-state index is 13.1. The predicted octanol–water partition coefficient (Wildman–Crippen LogP) is 5.39. The van der Waals surface area contributed by atoms with Crippen LogP contribution in [0.15, 0.2) is 51.7 Å². The van der Waals surface area contributed by atoms with Crippen molar-refractivity contribution in [3.05, 3.63) is 75.7 Å². The van der Waals surface area contributed by atoms with Crippen molar-refractivity contribution in [2.75, 3.05) is 5.32 Å². The zero-order chi connectivity index (χ0) is 22.1. The lowest BCUT2D eigenvalue weighted by atomic mass is 9.95. The van der Waals surface area contributed by atoms with Gasteiger partial charge in [0, 0.05) is 15.8 Å². The van der Waals surface area contributed by atoms with E-state index in [1.165, 1.54) is 16.2 Å². The Hall–Kier alpha value is -3.32. The number of fused-ring (bicyclic) bond motifs is 2. The number of hydrogen-bond acceptors (Lipinski definition) is 5. The molecule has 164 valence electrons. The molecule has 0 fully saturated rings.